The van der Waals surface area contributed by atoms with Crippen LogP contribution in [-0.2, 0) is 18.4 Å². The molecule has 1 aliphatic rings. The molecule has 3 atom stereocenters. The van der Waals surface area contributed by atoms with E-state index in [1.165, 1.54) is 0 Å². The Hall–Kier alpha value is -2.95. The number of benzene rings is 2. The van der Waals surface area contributed by atoms with Crippen LogP contribution >= 0.6 is 22.9 Å². The second kappa shape index (κ2) is 8.19. The van der Waals surface area contributed by atoms with Gasteiger partial charge in [0.15, 0.2) is 6.20 Å². The van der Waals surface area contributed by atoms with Gasteiger partial charge in [0.2, 0.25) is 17.3 Å². The second-order valence-corrected chi connectivity index (χ2v) is 9.33. The van der Waals surface area contributed by atoms with Gasteiger partial charge < -0.3 is 23.1 Å². The van der Waals surface area contributed by atoms with E-state index >= 15 is 0 Å². The smallest absolute Gasteiger partial charge is 0.225 e. The number of allylic oxidation sites excluding steroid dienone is 1. The topological polar surface area (TPSA) is 59.9 Å². The average molecular weight is 476 g/mol. The first kappa shape index (κ1) is 20.9. The lowest BCUT2D eigenvalue weighted by Crippen LogP contribution is -2.62. The molecule has 0 radical (unpaired) electrons. The Balaban J connectivity index is 1.85. The van der Waals surface area contributed by atoms with Gasteiger partial charge in [0.1, 0.15) is 0 Å². The summed E-state index contributed by atoms with van der Waals surface area (Å²) in [6.45, 7) is 0. The van der Waals surface area contributed by atoms with Crippen molar-refractivity contribution in [1.82, 2.24) is 5.32 Å². The summed E-state index contributed by atoms with van der Waals surface area (Å²) in [5.41, 5.74) is 1.38. The Kier molecular flexibility index (Phi) is 5.36. The molecule has 4 nitrogen and oxygen atoms in total. The first-order valence-electron chi connectivity index (χ1n) is 10.0. The van der Waals surface area contributed by atoms with Crippen LogP contribution in [0.4, 0.5) is 0 Å². The maximum Gasteiger partial charge on any atom is 0.225 e. The van der Waals surface area contributed by atoms with E-state index in [4.69, 9.17) is 24.2 Å². The van der Waals surface area contributed by atoms with Gasteiger partial charge in [-0.05, 0) is 40.6 Å². The lowest BCUT2D eigenvalue weighted by atomic mass is 9.76. The Morgan fingerprint density at radius 1 is 1.12 bits per heavy atom. The molecule has 0 unspecified atom stereocenters. The third-order valence-electron chi connectivity index (χ3n) is 5.93. The summed E-state index contributed by atoms with van der Waals surface area (Å²) in [6.07, 6.45) is 1.93. The zero-order valence-electron chi connectivity index (χ0n) is 16.8. The van der Waals surface area contributed by atoms with Crippen molar-refractivity contribution in [3.05, 3.63) is 110 Å². The monoisotopic (exact) mass is 475 g/mol. The Labute approximate surface area is 200 Å². The molecule has 5 rings (SSSR count). The van der Waals surface area contributed by atoms with E-state index in [-0.39, 0.29) is 5.03 Å². The second-order valence-electron chi connectivity index (χ2n) is 7.71. The summed E-state index contributed by atoms with van der Waals surface area (Å²) < 4.78 is 2.02. The van der Waals surface area contributed by atoms with Crippen LogP contribution in [0.5, 0.6) is 0 Å². The minimum absolute atomic E-state index is 0.259. The molecule has 1 aliphatic heterocycles. The fourth-order valence-corrected chi connectivity index (χ4v) is 5.73. The molecule has 2 aromatic heterocycles. The molecule has 7 heteroatoms. The molecule has 0 saturated carbocycles. The van der Waals surface area contributed by atoms with Crippen molar-refractivity contribution in [1.29, 1.82) is 5.26 Å². The van der Waals surface area contributed by atoms with E-state index in [9.17, 15) is 10.4 Å². The largest absolute Gasteiger partial charge is 0.762 e. The standard InChI is InChI=1S/C25H18ClN3OS2/c26-19-8-9-21-16(13-19)5-4-11-29(21)23-22(17-10-12-32-15-17)20(14-27)24(31)28-25(23,30)18-6-2-1-3-7-18/h1-13,15,22-23,28,30H/t22-,23+,25+/m0/s1. The zero-order chi connectivity index (χ0) is 22.3. The normalized spacial score (nSPS) is 23.0. The van der Waals surface area contributed by atoms with Crippen molar-refractivity contribution >= 4 is 46.5 Å². The number of nitrogens with zero attached hydrogens (tertiary/aromatic N) is 2. The van der Waals surface area contributed by atoms with Crippen LogP contribution in [0, 0.1) is 11.3 Å². The minimum Gasteiger partial charge on any atom is -0.762 e. The highest BCUT2D eigenvalue weighted by molar-refractivity contribution is 7.63. The fraction of sp³-hybridized carbons (Fsp3) is 0.120. The van der Waals surface area contributed by atoms with Crippen molar-refractivity contribution in [2.45, 2.75) is 17.7 Å². The Morgan fingerprint density at radius 2 is 1.94 bits per heavy atom. The molecule has 0 spiro atoms. The first-order chi connectivity index (χ1) is 15.5. The van der Waals surface area contributed by atoms with Gasteiger partial charge in [-0.3, -0.25) is 0 Å². The number of fused-ring (bicyclic) bond motifs is 1. The number of nitriles is 1. The third-order valence-corrected chi connectivity index (χ3v) is 7.19. The van der Waals surface area contributed by atoms with Crippen molar-refractivity contribution in [3.63, 3.8) is 0 Å². The van der Waals surface area contributed by atoms with Crippen LogP contribution in [0.2, 0.25) is 5.02 Å². The summed E-state index contributed by atoms with van der Waals surface area (Å²) in [7, 11) is 0. The maximum atomic E-state index is 12.3. The fourth-order valence-electron chi connectivity index (χ4n) is 4.53. The summed E-state index contributed by atoms with van der Waals surface area (Å²) in [5.74, 6) is -0.448. The van der Waals surface area contributed by atoms with Gasteiger partial charge in [-0.15, -0.1) is 0 Å². The van der Waals surface area contributed by atoms with Crippen LogP contribution < -0.4 is 9.88 Å². The Bertz CT molecular complexity index is 1370. The molecule has 0 saturated heterocycles. The summed E-state index contributed by atoms with van der Waals surface area (Å²) in [4.78, 5) is 0. The lowest BCUT2D eigenvalue weighted by molar-refractivity contribution is -0.720. The number of rotatable bonds is 3. The van der Waals surface area contributed by atoms with Gasteiger partial charge in [0, 0.05) is 33.7 Å². The van der Waals surface area contributed by atoms with Crippen molar-refractivity contribution in [2.75, 3.05) is 0 Å². The first-order valence-corrected chi connectivity index (χ1v) is 11.7. The van der Waals surface area contributed by atoms with Crippen LogP contribution in [0.1, 0.15) is 23.1 Å². The molecule has 4 aromatic rings. The molecular weight excluding hydrogens is 458 g/mol. The zero-order valence-corrected chi connectivity index (χ0v) is 19.2. The molecule has 0 aliphatic carbocycles. The predicted molar refractivity (Wildman–Crippen MR) is 129 cm³/mol. The number of aliphatic hydroxyl groups is 1. The summed E-state index contributed by atoms with van der Waals surface area (Å²) in [6, 6.07) is 22.7. The highest BCUT2D eigenvalue weighted by Crippen LogP contribution is 2.47. The van der Waals surface area contributed by atoms with Crippen LogP contribution in [0.25, 0.3) is 10.9 Å². The van der Waals surface area contributed by atoms with Crippen LogP contribution in [-0.4, -0.2) is 5.11 Å². The molecule has 0 bridgehead atoms. The van der Waals surface area contributed by atoms with E-state index in [0.717, 1.165) is 16.5 Å². The molecule has 0 amide bonds. The SMILES string of the molecule is N#CC1=C([S-])N[C@@](O)(c2ccccc2)[C@H]([n+]2cccc3cc(Cl)ccc32)[C@H]1c1ccsc1. The number of nitrogens with one attached hydrogen (secondary N) is 1. The molecule has 3 heterocycles. The highest BCUT2D eigenvalue weighted by atomic mass is 35.5. The van der Waals surface area contributed by atoms with Gasteiger partial charge in [-0.2, -0.15) is 21.2 Å². The summed E-state index contributed by atoms with van der Waals surface area (Å²) in [5, 5.41) is 31.2. The number of hydrogen-bond acceptors (Lipinski definition) is 5. The molecular formula is C25H18ClN3OS2. The Morgan fingerprint density at radius 3 is 2.66 bits per heavy atom. The number of aromatic nitrogens is 1. The maximum absolute atomic E-state index is 12.3. The molecule has 0 fully saturated rings. The number of hydrogen-bond donors (Lipinski definition) is 2. The van der Waals surface area contributed by atoms with E-state index in [2.05, 4.69) is 11.4 Å². The van der Waals surface area contributed by atoms with Gasteiger partial charge in [-0.1, -0.05) is 47.0 Å². The summed E-state index contributed by atoms with van der Waals surface area (Å²) >= 11 is 13.4. The van der Waals surface area contributed by atoms with Gasteiger partial charge >= 0.3 is 0 Å². The molecule has 2 aromatic carbocycles. The van der Waals surface area contributed by atoms with Crippen LogP contribution in [0.15, 0.2) is 94.3 Å². The number of halogens is 1. The van der Waals surface area contributed by atoms with E-state index in [1.54, 1.807) is 11.3 Å². The number of thiophene rings is 1. The highest BCUT2D eigenvalue weighted by Gasteiger charge is 2.54. The van der Waals surface area contributed by atoms with Crippen molar-refractivity contribution < 1.29 is 9.67 Å². The minimum atomic E-state index is -1.55. The van der Waals surface area contributed by atoms with E-state index < -0.39 is 17.7 Å². The van der Waals surface area contributed by atoms with E-state index in [0.29, 0.717) is 16.2 Å². The van der Waals surface area contributed by atoms with Gasteiger partial charge in [0.25, 0.3) is 0 Å². The van der Waals surface area contributed by atoms with Crippen molar-refractivity contribution in [2.24, 2.45) is 0 Å². The van der Waals surface area contributed by atoms with Crippen molar-refractivity contribution in [3.8, 4) is 6.07 Å². The molecule has 32 heavy (non-hydrogen) atoms. The lowest BCUT2D eigenvalue weighted by Gasteiger charge is -2.45. The quantitative estimate of drug-likeness (QED) is 0.327. The molecule has 2 N–H and O–H groups in total. The van der Waals surface area contributed by atoms with Gasteiger partial charge in [-0.25, -0.2) is 0 Å². The van der Waals surface area contributed by atoms with E-state index in [1.807, 2.05) is 88.3 Å². The number of pyridine rings is 1. The predicted octanol–water partition coefficient (Wildman–Crippen LogP) is 4.90. The van der Waals surface area contributed by atoms with Gasteiger partial charge in [0.05, 0.1) is 12.0 Å². The molecule has 158 valence electrons. The average Bonchev–Trinajstić information content (AvgIpc) is 3.33. The third kappa shape index (κ3) is 3.35. The van der Waals surface area contributed by atoms with Crippen LogP contribution in [0.3, 0.4) is 0 Å².